The molecule has 0 aliphatic heterocycles. The molecule has 1 rings (SSSR count). The van der Waals surface area contributed by atoms with Crippen LogP contribution in [0.3, 0.4) is 0 Å². The van der Waals surface area contributed by atoms with Gasteiger partial charge in [-0.05, 0) is 12.1 Å². The lowest BCUT2D eigenvalue weighted by Gasteiger charge is -2.27. The van der Waals surface area contributed by atoms with E-state index in [2.05, 4.69) is 13.2 Å². The molecule has 0 atom stereocenters. The van der Waals surface area contributed by atoms with Crippen molar-refractivity contribution in [1.82, 2.24) is 0 Å². The van der Waals surface area contributed by atoms with Crippen LogP contribution in [0, 0.1) is 0 Å². The zero-order valence-corrected chi connectivity index (χ0v) is 10.5. The second-order valence-electron chi connectivity index (χ2n) is 3.81. The molecule has 0 aliphatic carbocycles. The van der Waals surface area contributed by atoms with Gasteiger partial charge in [0, 0.05) is 20.1 Å². The summed E-state index contributed by atoms with van der Waals surface area (Å²) in [5.74, 6) is 0. The average Bonchev–Trinajstić information content (AvgIpc) is 2.37. The van der Waals surface area contributed by atoms with Gasteiger partial charge in [-0.2, -0.15) is 0 Å². The molecular weight excluding hydrogens is 228 g/mol. The second-order valence-corrected chi connectivity index (χ2v) is 3.81. The van der Waals surface area contributed by atoms with E-state index in [1.54, 1.807) is 18.2 Å². The van der Waals surface area contributed by atoms with Crippen LogP contribution in [0.15, 0.2) is 49.6 Å². The van der Waals surface area contributed by atoms with Gasteiger partial charge in [0.1, 0.15) is 0 Å². The smallest absolute Gasteiger partial charge is 0.411 e. The quantitative estimate of drug-likeness (QED) is 0.785. The predicted molar refractivity (Wildman–Crippen MR) is 75.5 cm³/mol. The Balaban J connectivity index is 3.16. The third kappa shape index (κ3) is 3.13. The van der Waals surface area contributed by atoms with Crippen molar-refractivity contribution in [2.75, 3.05) is 29.9 Å². The normalized spacial score (nSPS) is 9.61. The van der Waals surface area contributed by atoms with Gasteiger partial charge in [0.15, 0.2) is 0 Å². The number of hydrogen-bond acceptors (Lipinski definition) is 2. The van der Waals surface area contributed by atoms with Crippen LogP contribution >= 0.6 is 0 Å². The van der Waals surface area contributed by atoms with E-state index in [0.29, 0.717) is 18.8 Å². The zero-order valence-electron chi connectivity index (χ0n) is 10.5. The van der Waals surface area contributed by atoms with Gasteiger partial charge in [-0.1, -0.05) is 24.3 Å². The monoisotopic (exact) mass is 246 g/mol. The van der Waals surface area contributed by atoms with Crippen molar-refractivity contribution in [2.45, 2.75) is 0 Å². The number of anilines is 2. The summed E-state index contributed by atoms with van der Waals surface area (Å²) < 4.78 is 0. The third-order valence-corrected chi connectivity index (χ3v) is 2.57. The highest BCUT2D eigenvalue weighted by Gasteiger charge is 2.15. The van der Waals surface area contributed by atoms with Gasteiger partial charge >= 0.3 is 6.09 Å². The number of nitrogens with zero attached hydrogens (tertiary/aromatic N) is 2. The molecule has 0 bridgehead atoms. The molecule has 0 saturated carbocycles. The van der Waals surface area contributed by atoms with Gasteiger partial charge in [-0.3, -0.25) is 4.90 Å². The molecule has 18 heavy (non-hydrogen) atoms. The van der Waals surface area contributed by atoms with Crippen LogP contribution in [0.25, 0.3) is 0 Å². The summed E-state index contributed by atoms with van der Waals surface area (Å²) in [6.45, 7) is 8.69. The largest absolute Gasteiger partial charge is 0.465 e. The van der Waals surface area contributed by atoms with Crippen LogP contribution in [0.4, 0.5) is 16.2 Å². The van der Waals surface area contributed by atoms with Crippen LogP contribution in [0.5, 0.6) is 0 Å². The number of carboxylic acid groups (broad SMARTS) is 1. The van der Waals surface area contributed by atoms with Gasteiger partial charge in [0.2, 0.25) is 0 Å². The molecule has 1 N–H and O–H groups in total. The first-order chi connectivity index (χ1) is 8.61. The van der Waals surface area contributed by atoms with Crippen LogP contribution in [-0.2, 0) is 0 Å². The molecule has 0 unspecified atom stereocenters. The Labute approximate surface area is 107 Å². The zero-order chi connectivity index (χ0) is 13.5. The van der Waals surface area contributed by atoms with E-state index in [4.69, 9.17) is 5.11 Å². The number of carbonyl (C=O) groups is 1. The molecule has 4 nitrogen and oxygen atoms in total. The summed E-state index contributed by atoms with van der Waals surface area (Å²) in [5, 5.41) is 9.07. The maximum absolute atomic E-state index is 11.1. The SMILES string of the molecule is C=CCN(CC=C)c1ccccc1N(C)C(=O)O. The molecule has 1 aromatic carbocycles. The van der Waals surface area contributed by atoms with Crippen LogP contribution in [0.2, 0.25) is 0 Å². The lowest BCUT2D eigenvalue weighted by Crippen LogP contribution is -2.29. The summed E-state index contributed by atoms with van der Waals surface area (Å²) in [5.41, 5.74) is 1.50. The highest BCUT2D eigenvalue weighted by atomic mass is 16.4. The molecule has 96 valence electrons. The molecule has 1 aromatic rings. The number of rotatable bonds is 6. The topological polar surface area (TPSA) is 43.8 Å². The Hall–Kier alpha value is -2.23. The Morgan fingerprint density at radius 2 is 1.72 bits per heavy atom. The molecule has 0 aromatic heterocycles. The molecule has 0 saturated heterocycles. The van der Waals surface area contributed by atoms with Crippen LogP contribution < -0.4 is 9.80 Å². The summed E-state index contributed by atoms with van der Waals surface area (Å²) in [6.07, 6.45) is 2.57. The summed E-state index contributed by atoms with van der Waals surface area (Å²) in [6, 6.07) is 7.37. The lowest BCUT2D eigenvalue weighted by molar-refractivity contribution is 0.203. The first-order valence-corrected chi connectivity index (χ1v) is 5.64. The van der Waals surface area contributed by atoms with Crippen molar-refractivity contribution in [3.63, 3.8) is 0 Å². The Bertz CT molecular complexity index is 433. The molecule has 0 fully saturated rings. The van der Waals surface area contributed by atoms with Crippen molar-refractivity contribution in [2.24, 2.45) is 0 Å². The van der Waals surface area contributed by atoms with E-state index in [1.807, 2.05) is 23.1 Å². The summed E-state index contributed by atoms with van der Waals surface area (Å²) in [7, 11) is 1.53. The molecule has 0 aliphatic rings. The highest BCUT2D eigenvalue weighted by Crippen LogP contribution is 2.28. The van der Waals surface area contributed by atoms with Crippen molar-refractivity contribution in [3.8, 4) is 0 Å². The maximum Gasteiger partial charge on any atom is 0.411 e. The van der Waals surface area contributed by atoms with E-state index in [1.165, 1.54) is 11.9 Å². The standard InChI is InChI=1S/C14H18N2O2/c1-4-10-16(11-5-2)13-9-7-6-8-12(13)15(3)14(17)18/h4-9H,1-2,10-11H2,3H3,(H,17,18). The molecular formula is C14H18N2O2. The van der Waals surface area contributed by atoms with Crippen LogP contribution in [-0.4, -0.2) is 31.3 Å². The van der Waals surface area contributed by atoms with Gasteiger partial charge in [-0.25, -0.2) is 4.79 Å². The summed E-state index contributed by atoms with van der Waals surface area (Å²) >= 11 is 0. The van der Waals surface area contributed by atoms with E-state index < -0.39 is 6.09 Å². The highest BCUT2D eigenvalue weighted by molar-refractivity contribution is 5.90. The molecule has 1 amide bonds. The molecule has 0 heterocycles. The Morgan fingerprint density at radius 3 is 2.17 bits per heavy atom. The molecule has 4 heteroatoms. The fourth-order valence-corrected chi connectivity index (χ4v) is 1.70. The average molecular weight is 246 g/mol. The van der Waals surface area contributed by atoms with Crippen molar-refractivity contribution in [1.29, 1.82) is 0 Å². The minimum Gasteiger partial charge on any atom is -0.465 e. The lowest BCUT2D eigenvalue weighted by atomic mass is 10.2. The fourth-order valence-electron chi connectivity index (χ4n) is 1.70. The minimum atomic E-state index is -0.986. The number of benzene rings is 1. The van der Waals surface area contributed by atoms with E-state index in [9.17, 15) is 4.79 Å². The molecule has 0 radical (unpaired) electrons. The fraction of sp³-hybridized carbons (Fsp3) is 0.214. The minimum absolute atomic E-state index is 0.635. The molecule has 0 spiro atoms. The van der Waals surface area contributed by atoms with Crippen molar-refractivity contribution in [3.05, 3.63) is 49.6 Å². The number of para-hydroxylation sites is 2. The summed E-state index contributed by atoms with van der Waals surface area (Å²) in [4.78, 5) is 14.3. The first-order valence-electron chi connectivity index (χ1n) is 5.64. The van der Waals surface area contributed by atoms with Crippen molar-refractivity contribution >= 4 is 17.5 Å². The Kier molecular flexibility index (Phi) is 4.99. The first kappa shape index (κ1) is 13.8. The second kappa shape index (κ2) is 6.49. The van der Waals surface area contributed by atoms with Crippen LogP contribution in [0.1, 0.15) is 0 Å². The maximum atomic E-state index is 11.1. The number of hydrogen-bond donors (Lipinski definition) is 1. The predicted octanol–water partition coefficient (Wildman–Crippen LogP) is 2.98. The van der Waals surface area contributed by atoms with Gasteiger partial charge in [0.25, 0.3) is 0 Å². The van der Waals surface area contributed by atoms with Gasteiger partial charge in [0.05, 0.1) is 11.4 Å². The Morgan fingerprint density at radius 1 is 1.22 bits per heavy atom. The van der Waals surface area contributed by atoms with E-state index in [0.717, 1.165) is 5.69 Å². The van der Waals surface area contributed by atoms with E-state index in [-0.39, 0.29) is 0 Å². The van der Waals surface area contributed by atoms with E-state index >= 15 is 0 Å². The van der Waals surface area contributed by atoms with Gasteiger partial charge < -0.3 is 10.0 Å². The third-order valence-electron chi connectivity index (χ3n) is 2.57. The van der Waals surface area contributed by atoms with Crippen molar-refractivity contribution < 1.29 is 9.90 Å². The van der Waals surface area contributed by atoms with Gasteiger partial charge in [-0.15, -0.1) is 13.2 Å². The number of amides is 1.